The van der Waals surface area contributed by atoms with Crippen LogP contribution in [0.4, 0.5) is 0 Å². The van der Waals surface area contributed by atoms with Crippen LogP contribution in [0.15, 0.2) is 12.1 Å². The number of phenolic OH excluding ortho intramolecular Hbond substituents is 1. The number of ether oxygens (including phenoxy) is 1. The van der Waals surface area contributed by atoms with Gasteiger partial charge in [0.05, 0.1) is 6.61 Å². The zero-order valence-electron chi connectivity index (χ0n) is 22.1. The first kappa shape index (κ1) is 30.8. The zero-order chi connectivity index (χ0) is 25.0. The Labute approximate surface area is 213 Å². The minimum absolute atomic E-state index is 0.299. The van der Waals surface area contributed by atoms with Crippen LogP contribution in [0, 0.1) is 13.8 Å². The lowest BCUT2D eigenvalue weighted by atomic mass is 10.0. The fourth-order valence-corrected chi connectivity index (χ4v) is 4.99. The molecule has 2 N–H and O–H groups in total. The van der Waals surface area contributed by atoms with Crippen LogP contribution in [-0.2, 0) is 15.3 Å². The van der Waals surface area contributed by atoms with E-state index in [1.165, 1.54) is 89.9 Å². The van der Waals surface area contributed by atoms with Crippen LogP contribution in [-0.4, -0.2) is 28.2 Å². The first-order valence-corrected chi connectivity index (χ1v) is 14.8. The maximum atomic E-state index is 12.0. The molecule has 1 aromatic rings. The van der Waals surface area contributed by atoms with E-state index in [1.54, 1.807) is 0 Å². The summed E-state index contributed by atoms with van der Waals surface area (Å²) < 4.78 is 5.23. The monoisotopic (exact) mass is 494 g/mol. The number of esters is 1. The highest BCUT2D eigenvalue weighted by Gasteiger charge is 2.17. The molecule has 1 unspecified atom stereocenters. The van der Waals surface area contributed by atoms with E-state index in [0.717, 1.165) is 41.3 Å². The fourth-order valence-electron chi connectivity index (χ4n) is 4.27. The van der Waals surface area contributed by atoms with Crippen molar-refractivity contribution < 1.29 is 19.7 Å². The summed E-state index contributed by atoms with van der Waals surface area (Å²) >= 11 is 1.15. The van der Waals surface area contributed by atoms with E-state index < -0.39 is 11.4 Å². The van der Waals surface area contributed by atoms with E-state index in [9.17, 15) is 15.0 Å². The molecular weight excluding hydrogens is 444 g/mol. The highest BCUT2D eigenvalue weighted by atomic mass is 32.2. The van der Waals surface area contributed by atoms with Gasteiger partial charge in [0.15, 0.2) is 5.44 Å². The van der Waals surface area contributed by atoms with Crippen LogP contribution in [0.25, 0.3) is 0 Å². The largest absolute Gasteiger partial charge is 0.507 e. The van der Waals surface area contributed by atoms with Crippen molar-refractivity contribution >= 4 is 17.7 Å². The number of phenols is 1. The number of aliphatic hydroxyl groups is 1. The number of aliphatic hydroxyl groups excluding tert-OH is 1. The predicted molar refractivity (Wildman–Crippen MR) is 145 cm³/mol. The molecular formula is C29H50O4S. The number of carbonyl (C=O) groups is 1. The summed E-state index contributed by atoms with van der Waals surface area (Å²) in [7, 11) is 0. The van der Waals surface area contributed by atoms with Crippen molar-refractivity contribution in [1.29, 1.82) is 0 Å². The Kier molecular flexibility index (Phi) is 18.2. The number of benzene rings is 1. The summed E-state index contributed by atoms with van der Waals surface area (Å²) in [5.74, 6) is 0.239. The summed E-state index contributed by atoms with van der Waals surface area (Å²) in [5.41, 5.74) is 1.41. The summed E-state index contributed by atoms with van der Waals surface area (Å²) in [5, 5.41) is 19.9. The molecule has 0 spiro atoms. The van der Waals surface area contributed by atoms with Gasteiger partial charge in [0.2, 0.25) is 0 Å². The predicted octanol–water partition coefficient (Wildman–Crippen LogP) is 8.37. The lowest BCUT2D eigenvalue weighted by molar-refractivity contribution is -0.148. The van der Waals surface area contributed by atoms with Gasteiger partial charge in [-0.25, -0.2) is 4.79 Å². The van der Waals surface area contributed by atoms with Crippen molar-refractivity contribution in [1.82, 2.24) is 0 Å². The van der Waals surface area contributed by atoms with Crippen molar-refractivity contribution in [2.45, 2.75) is 135 Å². The Hall–Kier alpha value is -1.20. The average Bonchev–Trinajstić information content (AvgIpc) is 2.82. The van der Waals surface area contributed by atoms with E-state index in [2.05, 4.69) is 6.92 Å². The summed E-state index contributed by atoms with van der Waals surface area (Å²) in [6, 6.07) is 3.76. The van der Waals surface area contributed by atoms with Crippen molar-refractivity contribution in [3.05, 3.63) is 28.8 Å². The summed E-state index contributed by atoms with van der Waals surface area (Å²) in [6.45, 7) is 6.35. The Morgan fingerprint density at radius 1 is 0.794 bits per heavy atom. The van der Waals surface area contributed by atoms with Gasteiger partial charge in [0.1, 0.15) is 5.75 Å². The fraction of sp³-hybridized carbons (Fsp3) is 0.759. The molecule has 0 bridgehead atoms. The van der Waals surface area contributed by atoms with E-state index in [-0.39, 0.29) is 0 Å². The van der Waals surface area contributed by atoms with E-state index in [0.29, 0.717) is 18.1 Å². The molecule has 0 saturated carbocycles. The molecule has 196 valence electrons. The Morgan fingerprint density at radius 2 is 1.21 bits per heavy atom. The molecule has 4 nitrogen and oxygen atoms in total. The minimum Gasteiger partial charge on any atom is -0.507 e. The molecule has 0 aliphatic heterocycles. The number of thioether (sulfide) groups is 1. The highest BCUT2D eigenvalue weighted by molar-refractivity contribution is 7.99. The van der Waals surface area contributed by atoms with Crippen molar-refractivity contribution in [2.75, 3.05) is 6.61 Å². The Balaban J connectivity index is 1.91. The van der Waals surface area contributed by atoms with Gasteiger partial charge in [-0.15, -0.1) is 11.8 Å². The smallest absolute Gasteiger partial charge is 0.345 e. The first-order valence-electron chi connectivity index (χ1n) is 13.7. The Bertz CT molecular complexity index is 639. The van der Waals surface area contributed by atoms with Crippen LogP contribution in [0.3, 0.4) is 0 Å². The number of unbranched alkanes of at least 4 members (excludes halogenated alkanes) is 15. The van der Waals surface area contributed by atoms with E-state index >= 15 is 0 Å². The van der Waals surface area contributed by atoms with E-state index in [1.807, 2.05) is 26.0 Å². The molecule has 0 fully saturated rings. The number of hydrogen-bond acceptors (Lipinski definition) is 5. The molecule has 0 aromatic heterocycles. The van der Waals surface area contributed by atoms with E-state index in [4.69, 9.17) is 4.74 Å². The molecule has 5 heteroatoms. The van der Waals surface area contributed by atoms with Crippen LogP contribution < -0.4 is 0 Å². The molecule has 0 aliphatic rings. The second-order valence-corrected chi connectivity index (χ2v) is 10.8. The van der Waals surface area contributed by atoms with Crippen LogP contribution in [0.2, 0.25) is 0 Å². The Morgan fingerprint density at radius 3 is 1.65 bits per heavy atom. The molecule has 0 aliphatic carbocycles. The normalized spacial score (nSPS) is 12.1. The van der Waals surface area contributed by atoms with Crippen LogP contribution in [0.1, 0.15) is 126 Å². The molecule has 0 saturated heterocycles. The lowest BCUT2D eigenvalue weighted by Gasteiger charge is -2.12. The van der Waals surface area contributed by atoms with Gasteiger partial charge in [0, 0.05) is 5.75 Å². The number of rotatable bonds is 21. The first-order chi connectivity index (χ1) is 16.5. The van der Waals surface area contributed by atoms with Crippen molar-refractivity contribution in [3.8, 4) is 5.75 Å². The third-order valence-corrected chi connectivity index (χ3v) is 7.41. The quantitative estimate of drug-likeness (QED) is 0.102. The molecule has 0 radical (unpaired) electrons. The molecule has 1 aromatic carbocycles. The van der Waals surface area contributed by atoms with Crippen LogP contribution in [0.5, 0.6) is 5.75 Å². The number of aromatic hydroxyl groups is 1. The molecule has 1 rings (SSSR count). The van der Waals surface area contributed by atoms with Gasteiger partial charge in [-0.3, -0.25) is 0 Å². The van der Waals surface area contributed by atoms with Crippen molar-refractivity contribution in [2.24, 2.45) is 0 Å². The second-order valence-electron chi connectivity index (χ2n) is 9.71. The molecule has 34 heavy (non-hydrogen) atoms. The van der Waals surface area contributed by atoms with Gasteiger partial charge < -0.3 is 14.9 Å². The van der Waals surface area contributed by atoms with Gasteiger partial charge in [-0.1, -0.05) is 115 Å². The second kappa shape index (κ2) is 20.0. The molecule has 0 heterocycles. The van der Waals surface area contributed by atoms with Crippen LogP contribution >= 0.6 is 11.8 Å². The molecule has 0 amide bonds. The summed E-state index contributed by atoms with van der Waals surface area (Å²) in [4.78, 5) is 12.0. The molecule has 1 atom stereocenters. The standard InChI is InChI=1S/C29H50O4S/c1-4-5-6-7-8-9-10-11-12-13-14-15-16-17-18-19-20-33-28(31)29(32)34-23-26-21-24(2)27(30)25(3)22-26/h21-22,29-30,32H,4-20,23H2,1-3H3. The zero-order valence-corrected chi connectivity index (χ0v) is 22.9. The summed E-state index contributed by atoms with van der Waals surface area (Å²) in [6.07, 6.45) is 21.0. The lowest BCUT2D eigenvalue weighted by Crippen LogP contribution is -2.20. The van der Waals surface area contributed by atoms with Gasteiger partial charge in [-0.2, -0.15) is 0 Å². The number of carbonyl (C=O) groups excluding carboxylic acids is 1. The van der Waals surface area contributed by atoms with Crippen molar-refractivity contribution in [3.63, 3.8) is 0 Å². The average molecular weight is 495 g/mol. The minimum atomic E-state index is -1.17. The van der Waals surface area contributed by atoms with Gasteiger partial charge in [0.25, 0.3) is 0 Å². The third kappa shape index (κ3) is 14.9. The topological polar surface area (TPSA) is 66.8 Å². The SMILES string of the molecule is CCCCCCCCCCCCCCCCCCOC(=O)C(O)SCc1cc(C)c(O)c(C)c1. The third-order valence-electron chi connectivity index (χ3n) is 6.40. The maximum absolute atomic E-state index is 12.0. The number of aryl methyl sites for hydroxylation is 2. The number of hydrogen-bond donors (Lipinski definition) is 2. The van der Waals surface area contributed by atoms with Gasteiger partial charge >= 0.3 is 5.97 Å². The maximum Gasteiger partial charge on any atom is 0.345 e. The highest BCUT2D eigenvalue weighted by Crippen LogP contribution is 2.26. The van der Waals surface area contributed by atoms with Gasteiger partial charge in [-0.05, 0) is 37.0 Å².